The van der Waals surface area contributed by atoms with Crippen molar-refractivity contribution in [2.45, 2.75) is 52.0 Å². The molecular weight excluding hydrogens is 294 g/mol. The van der Waals surface area contributed by atoms with Gasteiger partial charge in [0.05, 0.1) is 11.7 Å². The van der Waals surface area contributed by atoms with Crippen LogP contribution in [0.5, 0.6) is 0 Å². The third-order valence-corrected chi connectivity index (χ3v) is 4.64. The fourth-order valence-electron chi connectivity index (χ4n) is 3.33. The predicted molar refractivity (Wildman–Crippen MR) is 83.6 cm³/mol. The molecule has 0 unspecified atom stereocenters. The minimum Gasteiger partial charge on any atom is -0.361 e. The Bertz CT molecular complexity index is 671. The minimum absolute atomic E-state index is 0.0356. The van der Waals surface area contributed by atoms with Crippen molar-refractivity contribution < 1.29 is 9.32 Å². The standard InChI is InChI=1S/C16H23N5O2/c1-11-13(12(2)23-19-11)7-8-15(22)21-9-5-4-6-14(21)16-18-17-10-20(16)3/h10,14H,4-9H2,1-3H3/t14-/m1/s1. The van der Waals surface area contributed by atoms with Crippen molar-refractivity contribution in [3.63, 3.8) is 0 Å². The fraction of sp³-hybridized carbons (Fsp3) is 0.625. The van der Waals surface area contributed by atoms with Gasteiger partial charge in [-0.05, 0) is 39.5 Å². The summed E-state index contributed by atoms with van der Waals surface area (Å²) in [5.41, 5.74) is 1.92. The molecule has 2 aromatic heterocycles. The summed E-state index contributed by atoms with van der Waals surface area (Å²) < 4.78 is 7.08. The second-order valence-corrected chi connectivity index (χ2v) is 6.20. The van der Waals surface area contributed by atoms with Crippen LogP contribution in [0.4, 0.5) is 0 Å². The second-order valence-electron chi connectivity index (χ2n) is 6.20. The zero-order valence-electron chi connectivity index (χ0n) is 13.9. The van der Waals surface area contributed by atoms with Crippen molar-refractivity contribution >= 4 is 5.91 Å². The van der Waals surface area contributed by atoms with Crippen LogP contribution in [-0.2, 0) is 18.3 Å². The van der Waals surface area contributed by atoms with Gasteiger partial charge in [-0.15, -0.1) is 10.2 Å². The van der Waals surface area contributed by atoms with Crippen LogP contribution in [0.15, 0.2) is 10.9 Å². The first-order chi connectivity index (χ1) is 11.1. The molecule has 0 aliphatic carbocycles. The maximum absolute atomic E-state index is 12.8. The Labute approximate surface area is 135 Å². The van der Waals surface area contributed by atoms with Gasteiger partial charge in [-0.1, -0.05) is 5.16 Å². The molecule has 2 aromatic rings. The first-order valence-electron chi connectivity index (χ1n) is 8.13. The van der Waals surface area contributed by atoms with Gasteiger partial charge in [-0.3, -0.25) is 4.79 Å². The number of amides is 1. The van der Waals surface area contributed by atoms with Gasteiger partial charge in [-0.2, -0.15) is 0 Å². The first kappa shape index (κ1) is 15.7. The quantitative estimate of drug-likeness (QED) is 0.863. The van der Waals surface area contributed by atoms with Gasteiger partial charge in [0.15, 0.2) is 5.82 Å². The van der Waals surface area contributed by atoms with Gasteiger partial charge < -0.3 is 14.0 Å². The number of rotatable bonds is 4. The zero-order valence-corrected chi connectivity index (χ0v) is 13.9. The van der Waals surface area contributed by atoms with E-state index in [0.29, 0.717) is 12.8 Å². The zero-order chi connectivity index (χ0) is 16.4. The molecule has 1 saturated heterocycles. The largest absolute Gasteiger partial charge is 0.361 e. The highest BCUT2D eigenvalue weighted by Gasteiger charge is 2.30. The van der Waals surface area contributed by atoms with Crippen LogP contribution in [-0.4, -0.2) is 37.3 Å². The summed E-state index contributed by atoms with van der Waals surface area (Å²) in [5, 5.41) is 12.1. The molecule has 124 valence electrons. The number of hydrogen-bond donors (Lipinski definition) is 0. The van der Waals surface area contributed by atoms with Gasteiger partial charge in [0.2, 0.25) is 5.91 Å². The van der Waals surface area contributed by atoms with Crippen molar-refractivity contribution in [3.05, 3.63) is 29.2 Å². The summed E-state index contributed by atoms with van der Waals surface area (Å²) in [6.45, 7) is 4.60. The van der Waals surface area contributed by atoms with Gasteiger partial charge in [-0.25, -0.2) is 0 Å². The van der Waals surface area contributed by atoms with Crippen molar-refractivity contribution in [2.75, 3.05) is 6.54 Å². The summed E-state index contributed by atoms with van der Waals surface area (Å²) in [7, 11) is 1.93. The molecule has 1 aliphatic rings. The van der Waals surface area contributed by atoms with Crippen LogP contribution in [0.3, 0.4) is 0 Å². The van der Waals surface area contributed by atoms with E-state index in [-0.39, 0.29) is 11.9 Å². The number of nitrogens with zero attached hydrogens (tertiary/aromatic N) is 5. The highest BCUT2D eigenvalue weighted by Crippen LogP contribution is 2.30. The van der Waals surface area contributed by atoms with E-state index in [0.717, 1.165) is 48.6 Å². The lowest BCUT2D eigenvalue weighted by Gasteiger charge is -2.35. The lowest BCUT2D eigenvalue weighted by molar-refractivity contribution is -0.135. The van der Waals surface area contributed by atoms with Crippen LogP contribution in [0.25, 0.3) is 0 Å². The van der Waals surface area contributed by atoms with E-state index < -0.39 is 0 Å². The number of carbonyl (C=O) groups is 1. The molecular formula is C16H23N5O2. The van der Waals surface area contributed by atoms with E-state index in [4.69, 9.17) is 4.52 Å². The number of piperidine rings is 1. The normalized spacial score (nSPS) is 18.4. The summed E-state index contributed by atoms with van der Waals surface area (Å²) in [5.74, 6) is 1.84. The Kier molecular flexibility index (Phi) is 4.45. The summed E-state index contributed by atoms with van der Waals surface area (Å²) in [6, 6.07) is 0.0356. The molecule has 7 heteroatoms. The molecule has 0 radical (unpaired) electrons. The monoisotopic (exact) mass is 317 g/mol. The molecule has 0 saturated carbocycles. The van der Waals surface area contributed by atoms with Crippen LogP contribution in [0.1, 0.15) is 54.6 Å². The van der Waals surface area contributed by atoms with E-state index in [1.807, 2.05) is 30.4 Å². The molecule has 0 aromatic carbocycles. The summed E-state index contributed by atoms with van der Waals surface area (Å²) in [4.78, 5) is 14.7. The van der Waals surface area contributed by atoms with Gasteiger partial charge in [0, 0.05) is 25.6 Å². The van der Waals surface area contributed by atoms with Gasteiger partial charge in [0.25, 0.3) is 0 Å². The molecule has 1 fully saturated rings. The van der Waals surface area contributed by atoms with E-state index in [9.17, 15) is 4.79 Å². The van der Waals surface area contributed by atoms with Gasteiger partial charge >= 0.3 is 0 Å². The topological polar surface area (TPSA) is 77.1 Å². The minimum atomic E-state index is 0.0356. The third-order valence-electron chi connectivity index (χ3n) is 4.64. The maximum atomic E-state index is 12.8. The maximum Gasteiger partial charge on any atom is 0.223 e. The Hall–Kier alpha value is -2.18. The van der Waals surface area contributed by atoms with Crippen molar-refractivity contribution in [1.82, 2.24) is 24.8 Å². The lowest BCUT2D eigenvalue weighted by Crippen LogP contribution is -2.39. The van der Waals surface area contributed by atoms with E-state index >= 15 is 0 Å². The number of aryl methyl sites for hydroxylation is 3. The first-order valence-corrected chi connectivity index (χ1v) is 8.13. The van der Waals surface area contributed by atoms with E-state index in [1.54, 1.807) is 6.33 Å². The Balaban J connectivity index is 1.71. The predicted octanol–water partition coefficient (Wildman–Crippen LogP) is 2.11. The molecule has 1 atom stereocenters. The molecule has 0 spiro atoms. The van der Waals surface area contributed by atoms with Crippen molar-refractivity contribution in [1.29, 1.82) is 0 Å². The highest BCUT2D eigenvalue weighted by atomic mass is 16.5. The van der Waals surface area contributed by atoms with Crippen LogP contribution in [0.2, 0.25) is 0 Å². The average molecular weight is 317 g/mol. The van der Waals surface area contributed by atoms with Crippen LogP contribution < -0.4 is 0 Å². The summed E-state index contributed by atoms with van der Waals surface area (Å²) in [6.07, 6.45) is 5.94. The number of hydrogen-bond acceptors (Lipinski definition) is 5. The smallest absolute Gasteiger partial charge is 0.223 e. The third kappa shape index (κ3) is 3.13. The van der Waals surface area contributed by atoms with Crippen molar-refractivity contribution in [2.24, 2.45) is 7.05 Å². The van der Waals surface area contributed by atoms with Crippen LogP contribution >= 0.6 is 0 Å². The summed E-state index contributed by atoms with van der Waals surface area (Å²) >= 11 is 0. The van der Waals surface area contributed by atoms with Crippen LogP contribution in [0, 0.1) is 13.8 Å². The number of likely N-dealkylation sites (tertiary alicyclic amines) is 1. The van der Waals surface area contributed by atoms with Crippen molar-refractivity contribution in [3.8, 4) is 0 Å². The Morgan fingerprint density at radius 2 is 2.22 bits per heavy atom. The molecule has 0 N–H and O–H groups in total. The second kappa shape index (κ2) is 6.52. The Morgan fingerprint density at radius 3 is 2.87 bits per heavy atom. The SMILES string of the molecule is Cc1noc(C)c1CCC(=O)N1CCCC[C@@H]1c1nncn1C. The molecule has 1 aliphatic heterocycles. The fourth-order valence-corrected chi connectivity index (χ4v) is 3.33. The highest BCUT2D eigenvalue weighted by molar-refractivity contribution is 5.77. The number of aromatic nitrogens is 4. The Morgan fingerprint density at radius 1 is 1.39 bits per heavy atom. The molecule has 3 heterocycles. The molecule has 23 heavy (non-hydrogen) atoms. The molecule has 3 rings (SSSR count). The molecule has 7 nitrogen and oxygen atoms in total. The van der Waals surface area contributed by atoms with Gasteiger partial charge in [0.1, 0.15) is 12.1 Å². The lowest BCUT2D eigenvalue weighted by atomic mass is 10.00. The van der Waals surface area contributed by atoms with E-state index in [2.05, 4.69) is 15.4 Å². The van der Waals surface area contributed by atoms with E-state index in [1.165, 1.54) is 0 Å². The average Bonchev–Trinajstić information content (AvgIpc) is 3.11. The molecule has 1 amide bonds. The molecule has 0 bridgehead atoms. The number of carbonyl (C=O) groups excluding carboxylic acids is 1.